The highest BCUT2D eigenvalue weighted by molar-refractivity contribution is 5.09. The second-order valence-electron chi connectivity index (χ2n) is 4.39. The summed E-state index contributed by atoms with van der Waals surface area (Å²) in [7, 11) is 0. The molecule has 0 unspecified atom stereocenters. The molecule has 3 nitrogen and oxygen atoms in total. The van der Waals surface area contributed by atoms with Gasteiger partial charge in [0.05, 0.1) is 0 Å². The number of aliphatic hydroxyl groups is 3. The lowest BCUT2D eigenvalue weighted by atomic mass is 9.91. The molecule has 0 rings (SSSR count). The summed E-state index contributed by atoms with van der Waals surface area (Å²) >= 11 is 0. The minimum Gasteiger partial charge on any atom is -0.339 e. The Balaban J connectivity index is 6.11. The first kappa shape index (κ1) is 21.2. The Morgan fingerprint density at radius 1 is 0.591 bits per heavy atom. The second-order valence-corrected chi connectivity index (χ2v) is 4.39. The molecule has 0 saturated carbocycles. The van der Waals surface area contributed by atoms with Crippen LogP contribution in [0.1, 0.15) is 19.8 Å². The van der Waals surface area contributed by atoms with Crippen molar-refractivity contribution in [3.8, 4) is 0 Å². The van der Waals surface area contributed by atoms with Crippen molar-refractivity contribution in [1.29, 1.82) is 0 Å². The molecular formula is C9H10F10O3. The van der Waals surface area contributed by atoms with Gasteiger partial charge in [-0.1, -0.05) is 13.3 Å². The molecule has 3 N–H and O–H groups in total. The molecule has 0 aromatic rings. The molecule has 22 heavy (non-hydrogen) atoms. The van der Waals surface area contributed by atoms with Crippen LogP contribution >= 0.6 is 0 Å². The number of rotatable bonds is 7. The minimum absolute atomic E-state index is 0.801. The van der Waals surface area contributed by atoms with Gasteiger partial charge < -0.3 is 15.3 Å². The Kier molecular flexibility index (Phi) is 5.17. The first-order valence-electron chi connectivity index (χ1n) is 5.37. The van der Waals surface area contributed by atoms with Crippen LogP contribution in [0.25, 0.3) is 0 Å². The molecule has 0 bridgehead atoms. The van der Waals surface area contributed by atoms with Crippen molar-refractivity contribution < 1.29 is 59.2 Å². The number of hydrogen-bond donors (Lipinski definition) is 3. The molecule has 0 aliphatic rings. The van der Waals surface area contributed by atoms with Gasteiger partial charge in [0.25, 0.3) is 0 Å². The van der Waals surface area contributed by atoms with E-state index >= 15 is 0 Å². The van der Waals surface area contributed by atoms with Crippen LogP contribution in [0.2, 0.25) is 0 Å². The fourth-order valence-electron chi connectivity index (χ4n) is 1.31. The van der Waals surface area contributed by atoms with E-state index in [2.05, 4.69) is 0 Å². The molecule has 0 spiro atoms. The standard InChI is InChI=1S/C9H10F10O3/c1-2-3-4(10,11)5(12,13)6(14,15)7(16,17)8(18,19)9(20,21)22/h20-22H,2-3H2,1H3. The van der Waals surface area contributed by atoms with E-state index in [9.17, 15) is 43.9 Å². The molecule has 0 atom stereocenters. The maximum atomic E-state index is 13.0. The normalized spacial score (nSPS) is 16.1. The highest BCUT2D eigenvalue weighted by Gasteiger charge is 2.89. The number of halogens is 10. The number of alkyl halides is 10. The van der Waals surface area contributed by atoms with Gasteiger partial charge in [0.1, 0.15) is 0 Å². The molecule has 0 heterocycles. The summed E-state index contributed by atoms with van der Waals surface area (Å²) in [5.41, 5.74) is 0. The summed E-state index contributed by atoms with van der Waals surface area (Å²) in [6.07, 6.45) is -2.93. The maximum absolute atomic E-state index is 13.0. The smallest absolute Gasteiger partial charge is 0.339 e. The predicted octanol–water partition coefficient (Wildman–Crippen LogP) is 2.59. The minimum atomic E-state index is -7.43. The number of hydrogen-bond acceptors (Lipinski definition) is 3. The van der Waals surface area contributed by atoms with Gasteiger partial charge in [0.15, 0.2) is 0 Å². The SMILES string of the molecule is CCCC(F)(F)C(F)(F)C(F)(F)C(F)(F)C(F)(F)C(O)(O)O. The summed E-state index contributed by atoms with van der Waals surface area (Å²) in [5, 5.41) is 23.8. The van der Waals surface area contributed by atoms with Crippen LogP contribution in [-0.2, 0) is 0 Å². The highest BCUT2D eigenvalue weighted by Crippen LogP contribution is 2.59. The van der Waals surface area contributed by atoms with Crippen LogP contribution in [0, 0.1) is 0 Å². The summed E-state index contributed by atoms with van der Waals surface area (Å²) in [6.45, 7) is 0.801. The van der Waals surface area contributed by atoms with Gasteiger partial charge in [-0.05, 0) is 0 Å². The third-order valence-corrected chi connectivity index (χ3v) is 2.63. The van der Waals surface area contributed by atoms with E-state index in [0.29, 0.717) is 0 Å². The van der Waals surface area contributed by atoms with Gasteiger partial charge in [0.2, 0.25) is 0 Å². The molecule has 0 aromatic carbocycles. The largest absolute Gasteiger partial charge is 0.395 e. The fraction of sp³-hybridized carbons (Fsp3) is 1.00. The first-order chi connectivity index (χ1) is 9.31. The predicted molar refractivity (Wildman–Crippen MR) is 49.0 cm³/mol. The zero-order valence-corrected chi connectivity index (χ0v) is 10.5. The lowest BCUT2D eigenvalue weighted by Gasteiger charge is -2.41. The van der Waals surface area contributed by atoms with Crippen molar-refractivity contribution in [3.05, 3.63) is 0 Å². The topological polar surface area (TPSA) is 60.7 Å². The molecule has 0 aromatic heterocycles. The Bertz CT molecular complexity index is 401. The zero-order valence-electron chi connectivity index (χ0n) is 10.5. The second kappa shape index (κ2) is 5.37. The van der Waals surface area contributed by atoms with E-state index in [1.54, 1.807) is 0 Å². The molecule has 0 amide bonds. The molecule has 0 aliphatic heterocycles. The van der Waals surface area contributed by atoms with Crippen LogP contribution in [0.15, 0.2) is 0 Å². The summed E-state index contributed by atoms with van der Waals surface area (Å²) in [4.78, 5) is 0. The maximum Gasteiger partial charge on any atom is 0.395 e. The van der Waals surface area contributed by atoms with E-state index < -0.39 is 48.4 Å². The van der Waals surface area contributed by atoms with Gasteiger partial charge in [-0.3, -0.25) is 0 Å². The van der Waals surface area contributed by atoms with Crippen LogP contribution in [-0.4, -0.2) is 50.9 Å². The Hall–Kier alpha value is -0.820. The van der Waals surface area contributed by atoms with Crippen molar-refractivity contribution in [1.82, 2.24) is 0 Å². The molecule has 134 valence electrons. The van der Waals surface area contributed by atoms with Crippen molar-refractivity contribution in [2.24, 2.45) is 0 Å². The molecule has 0 radical (unpaired) electrons. The molecular weight excluding hydrogens is 346 g/mol. The quantitative estimate of drug-likeness (QED) is 0.486. The van der Waals surface area contributed by atoms with Gasteiger partial charge in [-0.2, -0.15) is 43.9 Å². The highest BCUT2D eigenvalue weighted by atomic mass is 19.4. The monoisotopic (exact) mass is 356 g/mol. The van der Waals surface area contributed by atoms with Crippen LogP contribution in [0.5, 0.6) is 0 Å². The average Bonchev–Trinajstić information content (AvgIpc) is 2.26. The van der Waals surface area contributed by atoms with E-state index in [4.69, 9.17) is 15.3 Å². The van der Waals surface area contributed by atoms with Crippen molar-refractivity contribution >= 4 is 0 Å². The van der Waals surface area contributed by atoms with Crippen molar-refractivity contribution in [2.45, 2.75) is 55.4 Å². The van der Waals surface area contributed by atoms with Gasteiger partial charge >= 0.3 is 35.6 Å². The molecule has 0 saturated heterocycles. The first-order valence-corrected chi connectivity index (χ1v) is 5.37. The molecule has 0 aliphatic carbocycles. The fourth-order valence-corrected chi connectivity index (χ4v) is 1.31. The average molecular weight is 356 g/mol. The Morgan fingerprint density at radius 2 is 0.909 bits per heavy atom. The van der Waals surface area contributed by atoms with Gasteiger partial charge in [-0.15, -0.1) is 0 Å². The Morgan fingerprint density at radius 3 is 1.18 bits per heavy atom. The summed E-state index contributed by atoms with van der Waals surface area (Å²) < 4.78 is 129. The lowest BCUT2D eigenvalue weighted by molar-refractivity contribution is -0.484. The third-order valence-electron chi connectivity index (χ3n) is 2.63. The summed E-state index contributed by atoms with van der Waals surface area (Å²) in [6, 6.07) is 0. The summed E-state index contributed by atoms with van der Waals surface area (Å²) in [5.74, 6) is -40.5. The van der Waals surface area contributed by atoms with Crippen LogP contribution in [0.4, 0.5) is 43.9 Å². The van der Waals surface area contributed by atoms with Crippen molar-refractivity contribution in [3.63, 3.8) is 0 Å². The van der Waals surface area contributed by atoms with E-state index in [1.165, 1.54) is 0 Å². The lowest BCUT2D eigenvalue weighted by Crippen LogP contribution is -2.72. The van der Waals surface area contributed by atoms with Crippen molar-refractivity contribution in [2.75, 3.05) is 0 Å². The molecule has 0 fully saturated rings. The zero-order chi connectivity index (χ0) is 18.4. The molecule has 13 heteroatoms. The third kappa shape index (κ3) is 2.73. The van der Waals surface area contributed by atoms with E-state index in [0.717, 1.165) is 6.92 Å². The van der Waals surface area contributed by atoms with Crippen LogP contribution < -0.4 is 0 Å². The van der Waals surface area contributed by atoms with Gasteiger partial charge in [0, 0.05) is 6.42 Å². The van der Waals surface area contributed by atoms with E-state index in [-0.39, 0.29) is 0 Å². The van der Waals surface area contributed by atoms with Crippen LogP contribution in [0.3, 0.4) is 0 Å². The van der Waals surface area contributed by atoms with E-state index in [1.807, 2.05) is 0 Å². The Labute approximate surface area is 116 Å². The van der Waals surface area contributed by atoms with Gasteiger partial charge in [-0.25, -0.2) is 0 Å².